The van der Waals surface area contributed by atoms with Gasteiger partial charge in [0.05, 0.1) is 16.1 Å². The first kappa shape index (κ1) is 31.2. The van der Waals surface area contributed by atoms with Crippen molar-refractivity contribution in [3.8, 4) is 17.1 Å². The summed E-state index contributed by atoms with van der Waals surface area (Å²) < 4.78 is 49.2. The molecule has 242 valence electrons. The molecule has 0 saturated carbocycles. The average molecular weight is 661 g/mol. The normalized spacial score (nSPS) is 22.9. The predicted molar refractivity (Wildman–Crippen MR) is 175 cm³/mol. The molecular formula is C35H32ClF3N6O2. The Morgan fingerprint density at radius 1 is 1.15 bits per heavy atom. The van der Waals surface area contributed by atoms with Crippen molar-refractivity contribution < 1.29 is 22.7 Å². The quantitative estimate of drug-likeness (QED) is 0.164. The summed E-state index contributed by atoms with van der Waals surface area (Å²) in [6.07, 6.45) is 1.27. The van der Waals surface area contributed by atoms with E-state index in [1.165, 1.54) is 11.0 Å². The Kier molecular flexibility index (Phi) is 8.18. The number of benzene rings is 3. The Morgan fingerprint density at radius 3 is 2.81 bits per heavy atom. The van der Waals surface area contributed by atoms with Gasteiger partial charge in [-0.05, 0) is 54.1 Å². The zero-order valence-electron chi connectivity index (χ0n) is 25.6. The van der Waals surface area contributed by atoms with Crippen molar-refractivity contribution in [1.82, 2.24) is 19.8 Å². The van der Waals surface area contributed by atoms with E-state index in [1.54, 1.807) is 6.07 Å². The lowest BCUT2D eigenvalue weighted by Crippen LogP contribution is -2.56. The number of amides is 1. The van der Waals surface area contributed by atoms with Gasteiger partial charge in [0, 0.05) is 43.4 Å². The van der Waals surface area contributed by atoms with Gasteiger partial charge in [-0.2, -0.15) is 9.97 Å². The summed E-state index contributed by atoms with van der Waals surface area (Å²) in [5.41, 5.74) is 1.63. The molecule has 1 amide bonds. The van der Waals surface area contributed by atoms with Crippen molar-refractivity contribution in [2.75, 3.05) is 50.8 Å². The Morgan fingerprint density at radius 2 is 2.00 bits per heavy atom. The van der Waals surface area contributed by atoms with Crippen LogP contribution in [0, 0.1) is 12.4 Å². The van der Waals surface area contributed by atoms with Crippen LogP contribution in [0.4, 0.5) is 19.0 Å². The molecule has 3 atom stereocenters. The number of anilines is 1. The molecule has 3 aliphatic heterocycles. The first-order chi connectivity index (χ1) is 22.7. The molecule has 1 unspecified atom stereocenters. The smallest absolute Gasteiger partial charge is 0.319 e. The van der Waals surface area contributed by atoms with Gasteiger partial charge in [0.25, 0.3) is 5.91 Å². The molecule has 47 heavy (non-hydrogen) atoms. The molecule has 3 saturated heterocycles. The number of alkyl halides is 1. The molecule has 3 aliphatic rings. The third-order valence-corrected chi connectivity index (χ3v) is 10.1. The van der Waals surface area contributed by atoms with Crippen molar-refractivity contribution >= 4 is 45.0 Å². The van der Waals surface area contributed by atoms with Gasteiger partial charge in [0.1, 0.15) is 30.5 Å². The van der Waals surface area contributed by atoms with E-state index >= 15 is 0 Å². The van der Waals surface area contributed by atoms with E-state index in [2.05, 4.69) is 16.3 Å². The van der Waals surface area contributed by atoms with Crippen LogP contribution in [0.2, 0.25) is 5.02 Å². The average Bonchev–Trinajstić information content (AvgIpc) is 3.60. The van der Waals surface area contributed by atoms with Crippen LogP contribution in [0.3, 0.4) is 0 Å². The fraction of sp³-hybridized carbons (Fsp3) is 0.371. The monoisotopic (exact) mass is 660 g/mol. The predicted octanol–water partition coefficient (Wildman–Crippen LogP) is 6.62. The second-order valence-electron chi connectivity index (χ2n) is 12.5. The van der Waals surface area contributed by atoms with E-state index in [0.29, 0.717) is 41.6 Å². The number of carbonyl (C=O) groups is 1. The van der Waals surface area contributed by atoms with E-state index in [4.69, 9.17) is 32.9 Å². The summed E-state index contributed by atoms with van der Waals surface area (Å²) >= 11 is 6.47. The number of hydrogen-bond donors (Lipinski definition) is 0. The number of fused-ring (bicyclic) bond motifs is 3. The Bertz CT molecular complexity index is 1950. The van der Waals surface area contributed by atoms with Crippen molar-refractivity contribution in [3.63, 3.8) is 0 Å². The molecule has 0 N–H and O–H groups in total. The molecule has 1 aromatic heterocycles. The van der Waals surface area contributed by atoms with Gasteiger partial charge < -0.3 is 19.4 Å². The maximum absolute atomic E-state index is 14.6. The number of rotatable bonds is 7. The molecular weight excluding hydrogens is 629 g/mol. The Balaban J connectivity index is 1.30. The fourth-order valence-electron chi connectivity index (χ4n) is 7.50. The molecule has 0 radical (unpaired) electrons. The summed E-state index contributed by atoms with van der Waals surface area (Å²) in [5.74, 6) is -1.87. The van der Waals surface area contributed by atoms with Crippen LogP contribution in [0.15, 0.2) is 60.9 Å². The zero-order chi connectivity index (χ0) is 32.9. The van der Waals surface area contributed by atoms with Gasteiger partial charge in [-0.1, -0.05) is 48.5 Å². The van der Waals surface area contributed by atoms with Gasteiger partial charge in [-0.3, -0.25) is 9.69 Å². The number of ether oxygens (including phenoxy) is 1. The maximum atomic E-state index is 14.6. The van der Waals surface area contributed by atoms with Gasteiger partial charge in [0.2, 0.25) is 6.54 Å². The molecule has 0 aliphatic carbocycles. The number of piperazine rings is 1. The molecule has 4 aromatic rings. The second-order valence-corrected chi connectivity index (χ2v) is 12.9. The van der Waals surface area contributed by atoms with E-state index < -0.39 is 35.3 Å². The van der Waals surface area contributed by atoms with Crippen LogP contribution < -0.4 is 9.64 Å². The first-order valence-corrected chi connectivity index (χ1v) is 16.0. The van der Waals surface area contributed by atoms with Gasteiger partial charge in [-0.25, -0.2) is 19.7 Å². The highest BCUT2D eigenvalue weighted by atomic mass is 35.5. The van der Waals surface area contributed by atoms with Gasteiger partial charge in [0.15, 0.2) is 5.83 Å². The first-order valence-electron chi connectivity index (χ1n) is 15.6. The van der Waals surface area contributed by atoms with Crippen molar-refractivity contribution in [1.29, 1.82) is 0 Å². The summed E-state index contributed by atoms with van der Waals surface area (Å²) in [7, 11) is 0. The SMILES string of the molecule is [C-]#[N+]C[C@H]1CN(c2nc(OCC34CCCN3C[C@H](F)C4)nc3cc(-c4cccc5ccc(F)c(Cl)c45)ccc23)CCN1C(=O)C(=C)F. The van der Waals surface area contributed by atoms with E-state index in [1.807, 2.05) is 41.3 Å². The Labute approximate surface area is 275 Å². The third-order valence-electron chi connectivity index (χ3n) is 9.71. The lowest BCUT2D eigenvalue weighted by atomic mass is 9.95. The third kappa shape index (κ3) is 5.63. The topological polar surface area (TPSA) is 66.2 Å². The van der Waals surface area contributed by atoms with Crippen LogP contribution in [0.1, 0.15) is 19.3 Å². The lowest BCUT2D eigenvalue weighted by molar-refractivity contribution is -0.131. The summed E-state index contributed by atoms with van der Waals surface area (Å²) in [4.78, 5) is 31.1. The second kappa shape index (κ2) is 12.3. The molecule has 3 aromatic carbocycles. The van der Waals surface area contributed by atoms with Gasteiger partial charge in [-0.15, -0.1) is 0 Å². The van der Waals surface area contributed by atoms with Gasteiger partial charge >= 0.3 is 6.01 Å². The number of hydrogen-bond acceptors (Lipinski definition) is 6. The minimum atomic E-state index is -1.07. The van der Waals surface area contributed by atoms with Crippen LogP contribution in [-0.4, -0.2) is 89.3 Å². The van der Waals surface area contributed by atoms with E-state index in [-0.39, 0.29) is 37.3 Å². The van der Waals surface area contributed by atoms with Crippen LogP contribution in [0.25, 0.3) is 37.6 Å². The molecule has 7 rings (SSSR count). The van der Waals surface area contributed by atoms with Crippen LogP contribution in [-0.2, 0) is 4.79 Å². The molecule has 4 heterocycles. The number of aromatic nitrogens is 2. The molecule has 0 bridgehead atoms. The van der Waals surface area contributed by atoms with E-state index in [0.717, 1.165) is 35.9 Å². The number of halogens is 4. The summed E-state index contributed by atoms with van der Waals surface area (Å²) in [6.45, 7) is 12.7. The maximum Gasteiger partial charge on any atom is 0.319 e. The molecule has 12 heteroatoms. The van der Waals surface area contributed by atoms with Crippen molar-refractivity contribution in [2.45, 2.75) is 37.0 Å². The Hall–Kier alpha value is -4.40. The minimum Gasteiger partial charge on any atom is -0.461 e. The molecule has 3 fully saturated rings. The van der Waals surface area contributed by atoms with Crippen LogP contribution >= 0.6 is 11.6 Å². The molecule has 0 spiro atoms. The standard InChI is InChI=1S/C35H32ClF3N6O2/c1-21(37)33(46)45-14-13-43(19-25(45)17-40-2)32-27-9-7-23(26-6-3-5-22-8-10-28(39)31(36)30(22)26)15-29(27)41-34(42-32)47-20-35-11-4-12-44(35)18-24(38)16-35/h3,5-10,15,24-25H,1,4,11-14,16-20H2/t24-,25+,35?/m1/s1. The van der Waals surface area contributed by atoms with Crippen molar-refractivity contribution in [3.05, 3.63) is 83.2 Å². The summed E-state index contributed by atoms with van der Waals surface area (Å²) in [6, 6.07) is 13.8. The highest BCUT2D eigenvalue weighted by molar-refractivity contribution is 6.36. The highest BCUT2D eigenvalue weighted by Gasteiger charge is 2.49. The zero-order valence-corrected chi connectivity index (χ0v) is 26.3. The van der Waals surface area contributed by atoms with E-state index in [9.17, 15) is 18.0 Å². The van der Waals surface area contributed by atoms with Crippen LogP contribution in [0.5, 0.6) is 6.01 Å². The highest BCUT2D eigenvalue weighted by Crippen LogP contribution is 2.41. The van der Waals surface area contributed by atoms with Crippen molar-refractivity contribution in [2.24, 2.45) is 0 Å². The lowest BCUT2D eigenvalue weighted by Gasteiger charge is -2.39. The molecule has 8 nitrogen and oxygen atoms in total. The number of carbonyl (C=O) groups excluding carboxylic acids is 1. The summed E-state index contributed by atoms with van der Waals surface area (Å²) in [5, 5.41) is 2.10. The number of nitrogens with zero attached hydrogens (tertiary/aromatic N) is 6. The minimum absolute atomic E-state index is 0.0206. The fourth-order valence-corrected chi connectivity index (χ4v) is 7.77. The largest absolute Gasteiger partial charge is 0.461 e.